The summed E-state index contributed by atoms with van der Waals surface area (Å²) in [5.74, 6) is 0. The molecule has 0 rings (SSSR count). The van der Waals surface area contributed by atoms with Gasteiger partial charge in [-0.3, -0.25) is 0 Å². The van der Waals surface area contributed by atoms with Crippen LogP contribution in [0.4, 0.5) is 0 Å². The third kappa shape index (κ3) is 23.2. The van der Waals surface area contributed by atoms with Crippen LogP contribution in [-0.2, 0) is 0 Å². The van der Waals surface area contributed by atoms with E-state index in [0.29, 0.717) is 0 Å². The van der Waals surface area contributed by atoms with Crippen molar-refractivity contribution in [1.29, 1.82) is 0 Å². The van der Waals surface area contributed by atoms with Crippen LogP contribution in [-0.4, -0.2) is 171 Å². The Morgan fingerprint density at radius 3 is 0.333 bits per heavy atom. The van der Waals surface area contributed by atoms with E-state index in [1.807, 2.05) is 0 Å². The summed E-state index contributed by atoms with van der Waals surface area (Å²) in [4.78, 5) is 0. The summed E-state index contributed by atoms with van der Waals surface area (Å²) in [5.41, 5.74) is 0. The SMILES string of the molecule is O.O.O.[K].[K].[K]. The van der Waals surface area contributed by atoms with Crippen molar-refractivity contribution in [3.8, 4) is 0 Å². The standard InChI is InChI=1S/3K.3H2O/h;;;3*1H2. The van der Waals surface area contributed by atoms with Crippen LogP contribution in [0, 0.1) is 0 Å². The third-order valence-electron chi connectivity index (χ3n) is 0. The maximum Gasteiger partial charge on any atom is 0 e. The summed E-state index contributed by atoms with van der Waals surface area (Å²) in [7, 11) is 0. The van der Waals surface area contributed by atoms with Gasteiger partial charge in [-0.2, -0.15) is 0 Å². The summed E-state index contributed by atoms with van der Waals surface area (Å²) >= 11 is 0. The Morgan fingerprint density at radius 1 is 0.333 bits per heavy atom. The van der Waals surface area contributed by atoms with Crippen molar-refractivity contribution in [2.75, 3.05) is 0 Å². The maximum absolute atomic E-state index is 0. The van der Waals surface area contributed by atoms with Crippen LogP contribution in [0.2, 0.25) is 0 Å². The Balaban J connectivity index is 0. The zero-order chi connectivity index (χ0) is 0. The van der Waals surface area contributed by atoms with E-state index in [1.165, 1.54) is 0 Å². The first-order valence-electron chi connectivity index (χ1n) is 0. The van der Waals surface area contributed by atoms with Crippen molar-refractivity contribution in [2.45, 2.75) is 0 Å². The summed E-state index contributed by atoms with van der Waals surface area (Å²) in [6.07, 6.45) is 0. The first kappa shape index (κ1) is 45.1. The Labute approximate surface area is 165 Å². The van der Waals surface area contributed by atoms with Gasteiger partial charge in [0.05, 0.1) is 0 Å². The van der Waals surface area contributed by atoms with E-state index in [9.17, 15) is 0 Å². The molecule has 0 aliphatic carbocycles. The molecule has 3 radical (unpaired) electrons. The molecule has 6 heteroatoms. The fraction of sp³-hybridized carbons (Fsp3) is 0. The normalized spacial score (nSPS) is 0. The van der Waals surface area contributed by atoms with E-state index in [4.69, 9.17) is 0 Å². The van der Waals surface area contributed by atoms with Gasteiger partial charge in [-0.25, -0.2) is 0 Å². The molecule has 0 aliphatic heterocycles. The van der Waals surface area contributed by atoms with Crippen LogP contribution in [0.25, 0.3) is 0 Å². The molecule has 0 aromatic carbocycles. The predicted molar refractivity (Wildman–Crippen MR) is 28.1 cm³/mol. The van der Waals surface area contributed by atoms with Gasteiger partial charge in [-0.15, -0.1) is 0 Å². The molecule has 27 valence electrons. The van der Waals surface area contributed by atoms with Crippen molar-refractivity contribution in [2.24, 2.45) is 0 Å². The van der Waals surface area contributed by atoms with E-state index >= 15 is 0 Å². The van der Waals surface area contributed by atoms with Crippen LogP contribution in [0.15, 0.2) is 0 Å². The molecule has 0 saturated carbocycles. The molecule has 0 aliphatic rings. The van der Waals surface area contributed by atoms with E-state index in [-0.39, 0.29) is 171 Å². The number of hydrogen-bond acceptors (Lipinski definition) is 0. The Morgan fingerprint density at radius 2 is 0.333 bits per heavy atom. The molecule has 0 heterocycles. The van der Waals surface area contributed by atoms with Gasteiger partial charge >= 0.3 is 0 Å². The Hall–Kier alpha value is 4.79. The first-order chi connectivity index (χ1) is 0. The smallest absolute Gasteiger partial charge is 0 e. The van der Waals surface area contributed by atoms with Crippen LogP contribution in [0.5, 0.6) is 0 Å². The van der Waals surface area contributed by atoms with E-state index in [2.05, 4.69) is 0 Å². The minimum absolute atomic E-state index is 0. The molecule has 6 heavy (non-hydrogen) atoms. The van der Waals surface area contributed by atoms with Crippen LogP contribution in [0.1, 0.15) is 0 Å². The molecule has 0 fully saturated rings. The van der Waals surface area contributed by atoms with E-state index in [1.54, 1.807) is 0 Å². The Kier molecular flexibility index (Phi) is 248. The van der Waals surface area contributed by atoms with Crippen molar-refractivity contribution in [3.05, 3.63) is 0 Å². The minimum Gasteiger partial charge on any atom is -0.412 e. The van der Waals surface area contributed by atoms with Gasteiger partial charge in [0.1, 0.15) is 0 Å². The molecule has 0 bridgehead atoms. The van der Waals surface area contributed by atoms with Gasteiger partial charge in [0.15, 0.2) is 0 Å². The molecule has 6 N–H and O–H groups in total. The van der Waals surface area contributed by atoms with Crippen molar-refractivity contribution >= 4 is 154 Å². The average molecular weight is 171 g/mol. The molecular weight excluding hydrogens is 165 g/mol. The molecule has 0 saturated heterocycles. The van der Waals surface area contributed by atoms with Crippen molar-refractivity contribution < 1.29 is 16.4 Å². The second-order valence-corrected chi connectivity index (χ2v) is 0. The molecule has 0 aromatic rings. The van der Waals surface area contributed by atoms with Gasteiger partial charge in [0.25, 0.3) is 0 Å². The van der Waals surface area contributed by atoms with Gasteiger partial charge in [-0.05, 0) is 0 Å². The summed E-state index contributed by atoms with van der Waals surface area (Å²) in [6.45, 7) is 0. The quantitative estimate of drug-likeness (QED) is 0.337. The molecule has 0 spiro atoms. The largest absolute Gasteiger partial charge is 0.412 e. The van der Waals surface area contributed by atoms with Crippen LogP contribution in [0.3, 0.4) is 0 Å². The third-order valence-corrected chi connectivity index (χ3v) is 0. The van der Waals surface area contributed by atoms with Gasteiger partial charge in [-0.1, -0.05) is 0 Å². The summed E-state index contributed by atoms with van der Waals surface area (Å²) in [6, 6.07) is 0. The summed E-state index contributed by atoms with van der Waals surface area (Å²) < 4.78 is 0. The number of rotatable bonds is 0. The molecule has 3 nitrogen and oxygen atoms in total. The fourth-order valence-corrected chi connectivity index (χ4v) is 0. The molecule has 0 atom stereocenters. The summed E-state index contributed by atoms with van der Waals surface area (Å²) in [5, 5.41) is 0. The molecular formula is H6K3O3. The Bertz CT molecular complexity index is 6.00. The number of hydrogen-bond donors (Lipinski definition) is 0. The maximum atomic E-state index is 0. The minimum atomic E-state index is 0. The van der Waals surface area contributed by atoms with Gasteiger partial charge < -0.3 is 16.4 Å². The van der Waals surface area contributed by atoms with E-state index in [0.717, 1.165) is 0 Å². The van der Waals surface area contributed by atoms with Crippen molar-refractivity contribution in [3.63, 3.8) is 0 Å². The zero-order valence-electron chi connectivity index (χ0n) is 4.50. The molecule has 0 unspecified atom stereocenters. The van der Waals surface area contributed by atoms with E-state index < -0.39 is 0 Å². The second kappa shape index (κ2) is 33.0. The fourth-order valence-electron chi connectivity index (χ4n) is 0. The predicted octanol–water partition coefficient (Wildman–Crippen LogP) is -3.62. The topological polar surface area (TPSA) is 94.5 Å². The monoisotopic (exact) mass is 171 g/mol. The zero-order valence-corrected chi connectivity index (χ0v) is 13.9. The average Bonchev–Trinajstić information content (AvgIpc) is 0. The van der Waals surface area contributed by atoms with Gasteiger partial charge in [0, 0.05) is 154 Å². The van der Waals surface area contributed by atoms with Gasteiger partial charge in [0.2, 0.25) is 0 Å². The molecule has 0 amide bonds. The second-order valence-electron chi connectivity index (χ2n) is 0. The first-order valence-corrected chi connectivity index (χ1v) is 0. The van der Waals surface area contributed by atoms with Crippen molar-refractivity contribution in [1.82, 2.24) is 0 Å². The molecule has 0 aromatic heterocycles. The van der Waals surface area contributed by atoms with Crippen LogP contribution >= 0.6 is 0 Å². The van der Waals surface area contributed by atoms with Crippen LogP contribution < -0.4 is 0 Å².